The van der Waals surface area contributed by atoms with E-state index in [0.717, 1.165) is 34.3 Å². The summed E-state index contributed by atoms with van der Waals surface area (Å²) in [5.74, 6) is -3.03. The van der Waals surface area contributed by atoms with Gasteiger partial charge in [-0.05, 0) is 6.92 Å². The van der Waals surface area contributed by atoms with E-state index in [0.29, 0.717) is 0 Å². The van der Waals surface area contributed by atoms with Gasteiger partial charge in [-0.2, -0.15) is 4.31 Å². The highest BCUT2D eigenvalue weighted by atomic mass is 31.3. The molecular weight excluding hydrogens is 437 g/mol. The fourth-order valence-electron chi connectivity index (χ4n) is 2.86. The van der Waals surface area contributed by atoms with Crippen molar-refractivity contribution in [2.24, 2.45) is 0 Å². The normalized spacial score (nSPS) is 30.2. The van der Waals surface area contributed by atoms with Crippen molar-refractivity contribution in [2.75, 3.05) is 0 Å². The van der Waals surface area contributed by atoms with Gasteiger partial charge in [0.25, 0.3) is 5.56 Å². The second-order valence-corrected chi connectivity index (χ2v) is 9.94. The number of aromatic nitrogens is 2. The lowest BCUT2D eigenvalue weighted by atomic mass is 9.60. The van der Waals surface area contributed by atoms with Crippen LogP contribution in [0.1, 0.15) is 12.0 Å². The third kappa shape index (κ3) is 4.84. The smallest absolute Gasteiger partial charge is 0.389 e. The topological polar surface area (TPSA) is 198 Å². The molecule has 0 radical (unpaired) electrons. The van der Waals surface area contributed by atoms with Crippen molar-refractivity contribution in [1.29, 1.82) is 0 Å². The number of aliphatic hydroxyl groups excluding tert-OH is 1. The van der Waals surface area contributed by atoms with Gasteiger partial charge in [0.2, 0.25) is 5.85 Å². The molecule has 1 saturated heterocycles. The second-order valence-electron chi connectivity index (χ2n) is 7.19. The molecule has 29 heavy (non-hydrogen) atoms. The molecule has 0 bridgehead atoms. The first-order valence-corrected chi connectivity index (χ1v) is 11.1. The number of alkyl halides is 1. The molecular formula is C10H18B3FN2O11P2. The van der Waals surface area contributed by atoms with E-state index >= 15 is 4.39 Å². The van der Waals surface area contributed by atoms with Gasteiger partial charge in [-0.15, -0.1) is 0 Å². The van der Waals surface area contributed by atoms with Crippen LogP contribution >= 0.6 is 15.6 Å². The molecule has 0 aromatic carbocycles. The zero-order valence-electron chi connectivity index (χ0n) is 15.7. The molecule has 5 N–H and O–H groups in total. The molecule has 1 unspecified atom stereocenters. The number of H-pyrrole nitrogens is 1. The molecule has 4 atom stereocenters. The van der Waals surface area contributed by atoms with Crippen molar-refractivity contribution >= 4 is 39.2 Å². The Kier molecular flexibility index (Phi) is 6.10. The van der Waals surface area contributed by atoms with Crippen LogP contribution in [0.2, 0.25) is 0 Å². The molecule has 1 aromatic rings. The summed E-state index contributed by atoms with van der Waals surface area (Å²) in [4.78, 5) is 52.5. The standard InChI is InChI=1S/C10H18B3FN2O11P2/c1-4-3-16(7(19)15-6(4)18)9(11)5(17)2-8(14,25-9)10(12,13)26-29(23,24)27-28(20,21)22/h3,5,17H,2,11-13H2,1H3,(H,23,24)(H,15,18,19)(H2,20,21,22)/t5-,8+,9+/m1/s1. The number of hydrogen-bond acceptors (Lipinski definition) is 8. The summed E-state index contributed by atoms with van der Waals surface area (Å²) in [6.45, 7) is 1.36. The minimum Gasteiger partial charge on any atom is -0.389 e. The van der Waals surface area contributed by atoms with Crippen LogP contribution in [-0.4, -0.2) is 70.2 Å². The maximum Gasteiger partial charge on any atom is 0.480 e. The van der Waals surface area contributed by atoms with Crippen molar-refractivity contribution in [1.82, 2.24) is 9.55 Å². The summed E-state index contributed by atoms with van der Waals surface area (Å²) < 4.78 is 52.5. The number of rotatable bonds is 6. The first-order valence-electron chi connectivity index (χ1n) is 8.03. The zero-order valence-corrected chi connectivity index (χ0v) is 17.5. The fraction of sp³-hybridized carbons (Fsp3) is 0.600. The molecule has 160 valence electrons. The monoisotopic (exact) mass is 456 g/mol. The van der Waals surface area contributed by atoms with E-state index in [9.17, 15) is 28.7 Å². The minimum absolute atomic E-state index is 0.0587. The Morgan fingerprint density at radius 1 is 1.38 bits per heavy atom. The quantitative estimate of drug-likeness (QED) is 0.205. The lowest BCUT2D eigenvalue weighted by Gasteiger charge is -2.39. The minimum atomic E-state index is -5.47. The van der Waals surface area contributed by atoms with E-state index in [1.807, 2.05) is 4.98 Å². The SMILES string of the molecule is BC(B)(OP(=O)(O)OP(=O)(O)O)[C@]1(F)C[C@@H](O)[C@](B)(n2cc(C)c(=O)[nH]c2=O)O1. The van der Waals surface area contributed by atoms with E-state index in [1.54, 1.807) is 0 Å². The highest BCUT2D eigenvalue weighted by Gasteiger charge is 2.63. The van der Waals surface area contributed by atoms with Crippen LogP contribution in [0.15, 0.2) is 15.8 Å². The Morgan fingerprint density at radius 3 is 2.45 bits per heavy atom. The second kappa shape index (κ2) is 7.29. The van der Waals surface area contributed by atoms with Crippen molar-refractivity contribution < 1.29 is 46.9 Å². The number of phosphoric ester groups is 1. The van der Waals surface area contributed by atoms with Gasteiger partial charge in [-0.3, -0.25) is 18.9 Å². The maximum absolute atomic E-state index is 15.6. The van der Waals surface area contributed by atoms with Crippen LogP contribution in [0, 0.1) is 6.92 Å². The molecule has 0 aliphatic carbocycles. The predicted octanol–water partition coefficient (Wildman–Crippen LogP) is -4.32. The number of phosphoric acid groups is 2. The van der Waals surface area contributed by atoms with Gasteiger partial charge in [0, 0.05) is 18.2 Å². The molecule has 2 rings (SSSR count). The number of halogens is 1. The molecule has 13 nitrogen and oxygen atoms in total. The summed E-state index contributed by atoms with van der Waals surface area (Å²) in [6.07, 6.45) is -1.52. The average molecular weight is 456 g/mol. The highest BCUT2D eigenvalue weighted by Crippen LogP contribution is 2.61. The van der Waals surface area contributed by atoms with E-state index < -0.39 is 56.3 Å². The average Bonchev–Trinajstić information content (AvgIpc) is 2.71. The number of ether oxygens (including phenoxy) is 1. The molecule has 1 aliphatic rings. The summed E-state index contributed by atoms with van der Waals surface area (Å²) in [7, 11) is -7.96. The molecule has 2 heterocycles. The molecule has 1 aromatic heterocycles. The third-order valence-electron chi connectivity index (χ3n) is 4.49. The fourth-order valence-corrected chi connectivity index (χ4v) is 4.78. The summed E-state index contributed by atoms with van der Waals surface area (Å²) in [5.41, 5.74) is -3.72. The largest absolute Gasteiger partial charge is 0.480 e. The number of nitrogens with one attached hydrogen (secondary N) is 1. The van der Waals surface area contributed by atoms with E-state index in [-0.39, 0.29) is 5.56 Å². The van der Waals surface area contributed by atoms with Crippen LogP contribution in [0.3, 0.4) is 0 Å². The van der Waals surface area contributed by atoms with Gasteiger partial charge in [0.1, 0.15) is 21.3 Å². The molecule has 19 heteroatoms. The summed E-state index contributed by atoms with van der Waals surface area (Å²) in [6, 6.07) is 0. The van der Waals surface area contributed by atoms with Gasteiger partial charge in [-0.1, -0.05) is 0 Å². The first kappa shape index (κ1) is 24.3. The van der Waals surface area contributed by atoms with Crippen LogP contribution in [-0.2, 0) is 28.3 Å². The van der Waals surface area contributed by atoms with Crippen molar-refractivity contribution in [3.63, 3.8) is 0 Å². The Hall–Kier alpha value is -1.02. The third-order valence-corrected chi connectivity index (χ3v) is 6.86. The van der Waals surface area contributed by atoms with E-state index in [4.69, 9.17) is 14.5 Å². The van der Waals surface area contributed by atoms with Crippen LogP contribution < -0.4 is 11.2 Å². The van der Waals surface area contributed by atoms with Crippen LogP contribution in [0.4, 0.5) is 4.39 Å². The van der Waals surface area contributed by atoms with Crippen molar-refractivity contribution in [3.05, 3.63) is 32.6 Å². The maximum atomic E-state index is 15.6. The first-order chi connectivity index (χ1) is 12.8. The highest BCUT2D eigenvalue weighted by molar-refractivity contribution is 7.60. The molecule has 0 spiro atoms. The Morgan fingerprint density at radius 2 is 1.93 bits per heavy atom. The van der Waals surface area contributed by atoms with Crippen LogP contribution in [0.5, 0.6) is 0 Å². The van der Waals surface area contributed by atoms with Crippen LogP contribution in [0.25, 0.3) is 0 Å². The van der Waals surface area contributed by atoms with Crippen molar-refractivity contribution in [3.8, 4) is 0 Å². The zero-order chi connectivity index (χ0) is 22.6. The van der Waals surface area contributed by atoms with E-state index in [1.165, 1.54) is 6.92 Å². The number of nitrogens with zero attached hydrogens (tertiary/aromatic N) is 1. The van der Waals surface area contributed by atoms with E-state index in [2.05, 4.69) is 8.83 Å². The molecule has 0 saturated carbocycles. The number of hydrogen-bond donors (Lipinski definition) is 5. The van der Waals surface area contributed by atoms with Gasteiger partial charge >= 0.3 is 21.3 Å². The molecule has 1 aliphatic heterocycles. The van der Waals surface area contributed by atoms with Gasteiger partial charge < -0.3 is 24.5 Å². The Labute approximate surface area is 165 Å². The van der Waals surface area contributed by atoms with Crippen molar-refractivity contribution in [2.45, 2.75) is 36.3 Å². The number of aryl methyl sites for hydroxylation is 1. The number of aliphatic hydroxyl groups is 1. The predicted molar refractivity (Wildman–Crippen MR) is 102 cm³/mol. The number of aromatic amines is 1. The van der Waals surface area contributed by atoms with Gasteiger partial charge in [0.15, 0.2) is 7.85 Å². The van der Waals surface area contributed by atoms with Gasteiger partial charge in [0.05, 0.1) is 11.5 Å². The summed E-state index contributed by atoms with van der Waals surface area (Å²) in [5, 5.41) is 8.01. The summed E-state index contributed by atoms with van der Waals surface area (Å²) >= 11 is 0. The molecule has 1 fully saturated rings. The Bertz CT molecular complexity index is 1030. The lowest BCUT2D eigenvalue weighted by Crippen LogP contribution is -2.56. The molecule has 0 amide bonds. The Balaban J connectivity index is 2.43. The lowest BCUT2D eigenvalue weighted by molar-refractivity contribution is -0.219. The van der Waals surface area contributed by atoms with Gasteiger partial charge in [-0.25, -0.2) is 18.3 Å².